The van der Waals surface area contributed by atoms with Gasteiger partial charge in [0.2, 0.25) is 0 Å². The van der Waals surface area contributed by atoms with E-state index in [1.54, 1.807) is 22.7 Å². The SMILES string of the molecule is O=C(NCc1nc2ccccc2s1)N1CCc2sccc2C1. The molecule has 0 atom stereocenters. The number of thiazole rings is 1. The van der Waals surface area contributed by atoms with E-state index in [0.29, 0.717) is 13.1 Å². The summed E-state index contributed by atoms with van der Waals surface area (Å²) in [7, 11) is 0. The number of amides is 2. The highest BCUT2D eigenvalue weighted by atomic mass is 32.1. The number of aromatic nitrogens is 1. The first-order valence-electron chi connectivity index (χ1n) is 7.22. The summed E-state index contributed by atoms with van der Waals surface area (Å²) in [6.07, 6.45) is 0.960. The van der Waals surface area contributed by atoms with Crippen molar-refractivity contribution in [3.63, 3.8) is 0 Å². The van der Waals surface area contributed by atoms with Crippen LogP contribution in [0.4, 0.5) is 4.79 Å². The molecule has 3 heterocycles. The largest absolute Gasteiger partial charge is 0.331 e. The summed E-state index contributed by atoms with van der Waals surface area (Å²) in [5.74, 6) is 0. The summed E-state index contributed by atoms with van der Waals surface area (Å²) >= 11 is 3.42. The van der Waals surface area contributed by atoms with E-state index < -0.39 is 0 Å². The van der Waals surface area contributed by atoms with Crippen LogP contribution in [0.5, 0.6) is 0 Å². The van der Waals surface area contributed by atoms with Crippen LogP contribution in [-0.2, 0) is 19.5 Å². The number of hydrogen-bond acceptors (Lipinski definition) is 4. The minimum absolute atomic E-state index is 0.00361. The zero-order chi connectivity index (χ0) is 14.9. The molecule has 0 saturated heterocycles. The topological polar surface area (TPSA) is 45.2 Å². The van der Waals surface area contributed by atoms with E-state index in [-0.39, 0.29) is 6.03 Å². The lowest BCUT2D eigenvalue weighted by atomic mass is 10.1. The summed E-state index contributed by atoms with van der Waals surface area (Å²) in [6.45, 7) is 1.99. The van der Waals surface area contributed by atoms with Gasteiger partial charge in [0.05, 0.1) is 16.8 Å². The number of nitrogens with zero attached hydrogens (tertiary/aromatic N) is 2. The fourth-order valence-corrected chi connectivity index (χ4v) is 4.48. The van der Waals surface area contributed by atoms with Crippen molar-refractivity contribution in [2.75, 3.05) is 6.54 Å². The normalized spacial score (nSPS) is 14.1. The van der Waals surface area contributed by atoms with Crippen molar-refractivity contribution in [3.05, 3.63) is 51.2 Å². The molecule has 4 nitrogen and oxygen atoms in total. The molecule has 1 N–H and O–H groups in total. The zero-order valence-electron chi connectivity index (χ0n) is 11.9. The molecule has 0 bridgehead atoms. The smallest absolute Gasteiger partial charge is 0.318 e. The molecular weight excluding hydrogens is 314 g/mol. The molecule has 2 aromatic heterocycles. The van der Waals surface area contributed by atoms with Crippen molar-refractivity contribution in [2.24, 2.45) is 0 Å². The average molecular weight is 329 g/mol. The Bertz CT molecular complexity index is 791. The van der Waals surface area contributed by atoms with Gasteiger partial charge in [-0.3, -0.25) is 0 Å². The number of hydrogen-bond donors (Lipinski definition) is 1. The first kappa shape index (κ1) is 13.7. The molecule has 0 aliphatic carbocycles. The van der Waals surface area contributed by atoms with Gasteiger partial charge in [0.15, 0.2) is 0 Å². The van der Waals surface area contributed by atoms with Crippen LogP contribution in [0.15, 0.2) is 35.7 Å². The number of rotatable bonds is 2. The summed E-state index contributed by atoms with van der Waals surface area (Å²) in [5, 5.41) is 6.04. The van der Waals surface area contributed by atoms with Crippen LogP contribution in [0, 0.1) is 0 Å². The second-order valence-corrected chi connectivity index (χ2v) is 7.39. The monoisotopic (exact) mass is 329 g/mol. The first-order chi connectivity index (χ1) is 10.8. The lowest BCUT2D eigenvalue weighted by Gasteiger charge is -2.26. The van der Waals surface area contributed by atoms with E-state index in [9.17, 15) is 4.79 Å². The van der Waals surface area contributed by atoms with E-state index >= 15 is 0 Å². The van der Waals surface area contributed by atoms with Crippen LogP contribution < -0.4 is 5.32 Å². The molecule has 4 rings (SSSR count). The lowest BCUT2D eigenvalue weighted by Crippen LogP contribution is -2.42. The molecule has 6 heteroatoms. The van der Waals surface area contributed by atoms with Gasteiger partial charge in [0.25, 0.3) is 0 Å². The van der Waals surface area contributed by atoms with Crippen LogP contribution >= 0.6 is 22.7 Å². The van der Waals surface area contributed by atoms with Gasteiger partial charge in [0.1, 0.15) is 5.01 Å². The Labute approximate surface area is 136 Å². The predicted octanol–water partition coefficient (Wildman–Crippen LogP) is 3.63. The van der Waals surface area contributed by atoms with E-state index in [1.165, 1.54) is 10.4 Å². The maximum Gasteiger partial charge on any atom is 0.318 e. The molecule has 3 aromatic rings. The van der Waals surface area contributed by atoms with Crippen LogP contribution in [0.2, 0.25) is 0 Å². The minimum Gasteiger partial charge on any atom is -0.331 e. The number of fused-ring (bicyclic) bond motifs is 2. The Morgan fingerprint density at radius 3 is 3.14 bits per heavy atom. The molecule has 0 unspecified atom stereocenters. The molecule has 22 heavy (non-hydrogen) atoms. The van der Waals surface area contributed by atoms with Crippen molar-refractivity contribution in [1.29, 1.82) is 0 Å². The third-order valence-corrected chi connectivity index (χ3v) is 5.88. The van der Waals surface area contributed by atoms with E-state index in [0.717, 1.165) is 28.2 Å². The van der Waals surface area contributed by atoms with Crippen molar-refractivity contribution < 1.29 is 4.79 Å². The number of carbonyl (C=O) groups excluding carboxylic acids is 1. The number of benzene rings is 1. The highest BCUT2D eigenvalue weighted by molar-refractivity contribution is 7.18. The van der Waals surface area contributed by atoms with E-state index in [1.807, 2.05) is 23.1 Å². The maximum absolute atomic E-state index is 12.3. The summed E-state index contributed by atoms with van der Waals surface area (Å²) in [4.78, 5) is 20.1. The summed E-state index contributed by atoms with van der Waals surface area (Å²) in [5.41, 5.74) is 2.28. The summed E-state index contributed by atoms with van der Waals surface area (Å²) < 4.78 is 1.16. The Kier molecular flexibility index (Phi) is 3.56. The van der Waals surface area contributed by atoms with Crippen molar-refractivity contribution in [3.8, 4) is 0 Å². The van der Waals surface area contributed by atoms with E-state index in [2.05, 4.69) is 27.8 Å². The fraction of sp³-hybridized carbons (Fsp3) is 0.250. The number of thiophene rings is 1. The number of para-hydroxylation sites is 1. The molecular formula is C16H15N3OS2. The number of urea groups is 1. The van der Waals surface area contributed by atoms with Gasteiger partial charge in [-0.05, 0) is 35.6 Å². The van der Waals surface area contributed by atoms with Gasteiger partial charge in [-0.15, -0.1) is 22.7 Å². The second-order valence-electron chi connectivity index (χ2n) is 5.27. The Balaban J connectivity index is 1.40. The van der Waals surface area contributed by atoms with Gasteiger partial charge in [-0.2, -0.15) is 0 Å². The van der Waals surface area contributed by atoms with Gasteiger partial charge in [-0.1, -0.05) is 12.1 Å². The van der Waals surface area contributed by atoms with Crippen LogP contribution in [-0.4, -0.2) is 22.5 Å². The molecule has 1 aromatic carbocycles. The molecule has 0 fully saturated rings. The Morgan fingerprint density at radius 1 is 1.32 bits per heavy atom. The third kappa shape index (κ3) is 2.60. The number of carbonyl (C=O) groups is 1. The van der Waals surface area contributed by atoms with Crippen molar-refractivity contribution in [1.82, 2.24) is 15.2 Å². The highest BCUT2D eigenvalue weighted by Gasteiger charge is 2.21. The Hall–Kier alpha value is -1.92. The standard InChI is InChI=1S/C16H15N3OS2/c20-16(19-7-5-13-11(10-19)6-8-21-13)17-9-15-18-12-3-1-2-4-14(12)22-15/h1-4,6,8H,5,7,9-10H2,(H,17,20). The van der Waals surface area contributed by atoms with Crippen molar-refractivity contribution >= 4 is 38.9 Å². The maximum atomic E-state index is 12.3. The molecule has 0 radical (unpaired) electrons. The average Bonchev–Trinajstić information content (AvgIpc) is 3.17. The Morgan fingerprint density at radius 2 is 2.23 bits per heavy atom. The molecule has 112 valence electrons. The van der Waals surface area contributed by atoms with Gasteiger partial charge < -0.3 is 10.2 Å². The highest BCUT2D eigenvalue weighted by Crippen LogP contribution is 2.24. The third-order valence-electron chi connectivity index (χ3n) is 3.82. The first-order valence-corrected chi connectivity index (χ1v) is 8.92. The van der Waals surface area contributed by atoms with Gasteiger partial charge in [-0.25, -0.2) is 9.78 Å². The molecule has 1 aliphatic rings. The van der Waals surface area contributed by atoms with Crippen molar-refractivity contribution in [2.45, 2.75) is 19.5 Å². The zero-order valence-corrected chi connectivity index (χ0v) is 13.5. The second kappa shape index (κ2) is 5.70. The number of nitrogens with one attached hydrogen (secondary N) is 1. The minimum atomic E-state index is -0.00361. The molecule has 1 aliphatic heterocycles. The van der Waals surface area contributed by atoms with E-state index in [4.69, 9.17) is 0 Å². The predicted molar refractivity (Wildman–Crippen MR) is 90.3 cm³/mol. The molecule has 0 saturated carbocycles. The van der Waals surface area contributed by atoms with Gasteiger partial charge >= 0.3 is 6.03 Å². The molecule has 0 spiro atoms. The van der Waals surface area contributed by atoms with Gasteiger partial charge in [0, 0.05) is 18.0 Å². The fourth-order valence-electron chi connectivity index (χ4n) is 2.68. The summed E-state index contributed by atoms with van der Waals surface area (Å²) in [6, 6.07) is 10.2. The quantitative estimate of drug-likeness (QED) is 0.780. The molecule has 2 amide bonds. The van der Waals surface area contributed by atoms with Crippen LogP contribution in [0.25, 0.3) is 10.2 Å². The van der Waals surface area contributed by atoms with Crippen LogP contribution in [0.1, 0.15) is 15.4 Å². The van der Waals surface area contributed by atoms with Crippen LogP contribution in [0.3, 0.4) is 0 Å². The lowest BCUT2D eigenvalue weighted by molar-refractivity contribution is 0.192.